The summed E-state index contributed by atoms with van der Waals surface area (Å²) >= 11 is 1.63. The topological polar surface area (TPSA) is 75.4 Å². The van der Waals surface area contributed by atoms with Crippen LogP contribution in [-0.4, -0.2) is 46.0 Å². The molecule has 2 aromatic heterocycles. The van der Waals surface area contributed by atoms with Crippen LogP contribution in [0.4, 0.5) is 11.5 Å². The Morgan fingerprint density at radius 1 is 1.19 bits per heavy atom. The van der Waals surface area contributed by atoms with E-state index in [2.05, 4.69) is 25.8 Å². The molecule has 26 heavy (non-hydrogen) atoms. The van der Waals surface area contributed by atoms with Crippen LogP contribution in [0.5, 0.6) is 0 Å². The standard InChI is InChI=1S/C18H19N5O2S/c1-13-14(3-2-4-16(13)23(24)25)11-21-6-8-22(9-7-21)17-15-5-10-26-18(15)20-12-19-17/h2-5,10,12H,6-9,11H2,1H3. The number of piperazine rings is 1. The maximum Gasteiger partial charge on any atom is 0.272 e. The van der Waals surface area contributed by atoms with Gasteiger partial charge in [0.05, 0.1) is 10.3 Å². The Kier molecular flexibility index (Phi) is 4.52. The second-order valence-corrected chi connectivity index (χ2v) is 7.31. The predicted octanol–water partition coefficient (Wildman–Crippen LogP) is 3.23. The third-order valence-corrected chi connectivity index (χ3v) is 5.74. The molecule has 0 radical (unpaired) electrons. The Hall–Kier alpha value is -2.58. The fourth-order valence-electron chi connectivity index (χ4n) is 3.43. The molecule has 0 amide bonds. The van der Waals surface area contributed by atoms with Crippen LogP contribution in [0.3, 0.4) is 0 Å². The number of hydrogen-bond acceptors (Lipinski definition) is 7. The number of benzene rings is 1. The first kappa shape index (κ1) is 16.9. The lowest BCUT2D eigenvalue weighted by Crippen LogP contribution is -2.46. The van der Waals surface area contributed by atoms with Gasteiger partial charge < -0.3 is 4.90 Å². The number of aromatic nitrogens is 2. The van der Waals surface area contributed by atoms with Crippen LogP contribution < -0.4 is 4.90 Å². The minimum absolute atomic E-state index is 0.196. The third kappa shape index (κ3) is 3.13. The van der Waals surface area contributed by atoms with Gasteiger partial charge in [0.2, 0.25) is 0 Å². The highest BCUT2D eigenvalue weighted by atomic mass is 32.1. The molecule has 3 aromatic rings. The van der Waals surface area contributed by atoms with Crippen molar-refractivity contribution in [3.05, 3.63) is 57.2 Å². The normalized spacial score (nSPS) is 15.5. The summed E-state index contributed by atoms with van der Waals surface area (Å²) in [4.78, 5) is 25.3. The average molecular weight is 369 g/mol. The van der Waals surface area contributed by atoms with Gasteiger partial charge in [-0.1, -0.05) is 12.1 Å². The molecule has 1 fully saturated rings. The first-order valence-corrected chi connectivity index (χ1v) is 9.40. The number of hydrogen-bond donors (Lipinski definition) is 0. The van der Waals surface area contributed by atoms with E-state index in [9.17, 15) is 10.1 Å². The van der Waals surface area contributed by atoms with E-state index in [1.165, 1.54) is 0 Å². The summed E-state index contributed by atoms with van der Waals surface area (Å²) in [5.74, 6) is 1.00. The summed E-state index contributed by atoms with van der Waals surface area (Å²) in [6.07, 6.45) is 1.63. The number of nitro benzene ring substituents is 1. The molecule has 1 aliphatic rings. The molecule has 1 aromatic carbocycles. The van der Waals surface area contributed by atoms with Gasteiger partial charge in [-0.15, -0.1) is 11.3 Å². The van der Waals surface area contributed by atoms with Crippen LogP contribution in [0.1, 0.15) is 11.1 Å². The van der Waals surface area contributed by atoms with Crippen molar-refractivity contribution in [1.29, 1.82) is 0 Å². The summed E-state index contributed by atoms with van der Waals surface area (Å²) in [6.45, 7) is 6.14. The SMILES string of the molecule is Cc1c(CN2CCN(c3ncnc4sccc34)CC2)cccc1[N+](=O)[O-]. The second-order valence-electron chi connectivity index (χ2n) is 6.42. The lowest BCUT2D eigenvalue weighted by atomic mass is 10.1. The molecule has 8 heteroatoms. The molecule has 7 nitrogen and oxygen atoms in total. The van der Waals surface area contributed by atoms with Gasteiger partial charge >= 0.3 is 0 Å². The van der Waals surface area contributed by atoms with Crippen molar-refractivity contribution >= 4 is 33.1 Å². The van der Waals surface area contributed by atoms with Crippen LogP contribution in [0.15, 0.2) is 36.0 Å². The van der Waals surface area contributed by atoms with Crippen molar-refractivity contribution in [3.63, 3.8) is 0 Å². The molecule has 0 bridgehead atoms. The maximum absolute atomic E-state index is 11.1. The zero-order chi connectivity index (χ0) is 18.1. The number of nitro groups is 1. The number of fused-ring (bicyclic) bond motifs is 1. The molecular weight excluding hydrogens is 350 g/mol. The zero-order valence-corrected chi connectivity index (χ0v) is 15.3. The molecule has 0 aliphatic carbocycles. The van der Waals surface area contributed by atoms with E-state index in [1.54, 1.807) is 29.8 Å². The molecule has 134 valence electrons. The van der Waals surface area contributed by atoms with Gasteiger partial charge in [-0.2, -0.15) is 0 Å². The van der Waals surface area contributed by atoms with Crippen LogP contribution in [0.25, 0.3) is 10.2 Å². The number of thiophene rings is 1. The highest BCUT2D eigenvalue weighted by Gasteiger charge is 2.22. The predicted molar refractivity (Wildman–Crippen MR) is 103 cm³/mol. The minimum Gasteiger partial charge on any atom is -0.353 e. The van der Waals surface area contributed by atoms with Crippen LogP contribution in [0.2, 0.25) is 0 Å². The number of nitrogens with zero attached hydrogens (tertiary/aromatic N) is 5. The van der Waals surface area contributed by atoms with E-state index in [0.29, 0.717) is 0 Å². The van der Waals surface area contributed by atoms with E-state index < -0.39 is 0 Å². The van der Waals surface area contributed by atoms with Crippen LogP contribution in [0, 0.1) is 17.0 Å². The van der Waals surface area contributed by atoms with Gasteiger partial charge in [0.15, 0.2) is 0 Å². The van der Waals surface area contributed by atoms with E-state index in [1.807, 2.05) is 18.4 Å². The Bertz CT molecular complexity index is 950. The molecule has 4 rings (SSSR count). The summed E-state index contributed by atoms with van der Waals surface area (Å²) in [7, 11) is 0. The molecule has 0 saturated carbocycles. The highest BCUT2D eigenvalue weighted by Crippen LogP contribution is 2.28. The second kappa shape index (κ2) is 6.97. The highest BCUT2D eigenvalue weighted by molar-refractivity contribution is 7.16. The van der Waals surface area contributed by atoms with Gasteiger partial charge in [-0.25, -0.2) is 9.97 Å². The summed E-state index contributed by atoms with van der Waals surface area (Å²) in [5, 5.41) is 14.3. The molecule has 0 atom stereocenters. The first-order valence-electron chi connectivity index (χ1n) is 8.52. The molecule has 0 spiro atoms. The minimum atomic E-state index is -0.308. The summed E-state index contributed by atoms with van der Waals surface area (Å²) in [6, 6.07) is 7.39. The van der Waals surface area contributed by atoms with Crippen molar-refractivity contribution in [1.82, 2.24) is 14.9 Å². The smallest absolute Gasteiger partial charge is 0.272 e. The zero-order valence-electron chi connectivity index (χ0n) is 14.5. The van der Waals surface area contributed by atoms with Gasteiger partial charge in [-0.3, -0.25) is 15.0 Å². The average Bonchev–Trinajstić information content (AvgIpc) is 3.13. The molecule has 1 saturated heterocycles. The molecule has 1 aliphatic heterocycles. The van der Waals surface area contributed by atoms with E-state index in [-0.39, 0.29) is 10.6 Å². The molecule has 0 unspecified atom stereocenters. The third-order valence-electron chi connectivity index (χ3n) is 4.92. The number of anilines is 1. The van der Waals surface area contributed by atoms with Gasteiger partial charge in [0.25, 0.3) is 5.69 Å². The quantitative estimate of drug-likeness (QED) is 0.519. The summed E-state index contributed by atoms with van der Waals surface area (Å²) in [5.41, 5.74) is 1.98. The lowest BCUT2D eigenvalue weighted by molar-refractivity contribution is -0.385. The van der Waals surface area contributed by atoms with Crippen LogP contribution >= 0.6 is 11.3 Å². The first-order chi connectivity index (χ1) is 12.6. The summed E-state index contributed by atoms with van der Waals surface area (Å²) < 4.78 is 0. The van der Waals surface area contributed by atoms with Crippen molar-refractivity contribution in [2.75, 3.05) is 31.1 Å². The van der Waals surface area contributed by atoms with E-state index >= 15 is 0 Å². The van der Waals surface area contributed by atoms with E-state index in [0.717, 1.165) is 59.9 Å². The fourth-order valence-corrected chi connectivity index (χ4v) is 4.15. The Morgan fingerprint density at radius 3 is 2.77 bits per heavy atom. The van der Waals surface area contributed by atoms with Crippen molar-refractivity contribution < 1.29 is 4.92 Å². The largest absolute Gasteiger partial charge is 0.353 e. The number of rotatable bonds is 4. The maximum atomic E-state index is 11.1. The van der Waals surface area contributed by atoms with Crippen molar-refractivity contribution in [2.45, 2.75) is 13.5 Å². The van der Waals surface area contributed by atoms with Crippen molar-refractivity contribution in [2.24, 2.45) is 0 Å². The van der Waals surface area contributed by atoms with Crippen LogP contribution in [-0.2, 0) is 6.54 Å². The molecular formula is C18H19N5O2S. The van der Waals surface area contributed by atoms with Gasteiger partial charge in [0, 0.05) is 44.4 Å². The van der Waals surface area contributed by atoms with Gasteiger partial charge in [0.1, 0.15) is 17.0 Å². The monoisotopic (exact) mass is 369 g/mol. The molecule has 0 N–H and O–H groups in total. The van der Waals surface area contributed by atoms with Crippen molar-refractivity contribution in [3.8, 4) is 0 Å². The Balaban J connectivity index is 1.45. The fraction of sp³-hybridized carbons (Fsp3) is 0.333. The van der Waals surface area contributed by atoms with Gasteiger partial charge in [-0.05, 0) is 23.9 Å². The lowest BCUT2D eigenvalue weighted by Gasteiger charge is -2.35. The Morgan fingerprint density at radius 2 is 2.00 bits per heavy atom. The Labute approximate surface area is 155 Å². The molecule has 3 heterocycles. The van der Waals surface area contributed by atoms with E-state index in [4.69, 9.17) is 0 Å².